The molecule has 24 heavy (non-hydrogen) atoms. The molecule has 1 atom stereocenters. The van der Waals surface area contributed by atoms with Gasteiger partial charge < -0.3 is 14.3 Å². The highest BCUT2D eigenvalue weighted by Gasteiger charge is 2.20. The summed E-state index contributed by atoms with van der Waals surface area (Å²) in [6, 6.07) is 13.7. The average molecular weight is 323 g/mol. The maximum absolute atomic E-state index is 12.4. The molecule has 1 N–H and O–H groups in total. The van der Waals surface area contributed by atoms with Gasteiger partial charge in [-0.1, -0.05) is 30.3 Å². The SMILES string of the molecule is Cc1nccn1CCNC(=O)CC(c1ccccc1)c1ccco1. The lowest BCUT2D eigenvalue weighted by Gasteiger charge is -2.15. The molecule has 5 nitrogen and oxygen atoms in total. The summed E-state index contributed by atoms with van der Waals surface area (Å²) >= 11 is 0. The van der Waals surface area contributed by atoms with Crippen molar-refractivity contribution in [3.05, 3.63) is 78.3 Å². The molecule has 1 aromatic carbocycles. The van der Waals surface area contributed by atoms with Crippen LogP contribution >= 0.6 is 0 Å². The topological polar surface area (TPSA) is 60.1 Å². The fraction of sp³-hybridized carbons (Fsp3) is 0.263. The first-order valence-electron chi connectivity index (χ1n) is 8.07. The predicted octanol–water partition coefficient (Wildman–Crippen LogP) is 3.12. The first kappa shape index (κ1) is 16.1. The third kappa shape index (κ3) is 3.93. The Hall–Kier alpha value is -2.82. The predicted molar refractivity (Wildman–Crippen MR) is 91.6 cm³/mol. The van der Waals surface area contributed by atoms with Crippen LogP contribution in [0.4, 0.5) is 0 Å². The highest BCUT2D eigenvalue weighted by atomic mass is 16.3. The smallest absolute Gasteiger partial charge is 0.221 e. The Morgan fingerprint density at radius 2 is 2.08 bits per heavy atom. The molecule has 3 aromatic rings. The van der Waals surface area contributed by atoms with Gasteiger partial charge in [-0.3, -0.25) is 4.79 Å². The van der Waals surface area contributed by atoms with Crippen LogP contribution in [0, 0.1) is 6.92 Å². The number of carbonyl (C=O) groups is 1. The van der Waals surface area contributed by atoms with Crippen LogP contribution in [-0.2, 0) is 11.3 Å². The van der Waals surface area contributed by atoms with Gasteiger partial charge in [0.25, 0.3) is 0 Å². The molecular weight excluding hydrogens is 302 g/mol. The maximum Gasteiger partial charge on any atom is 0.221 e. The van der Waals surface area contributed by atoms with Crippen LogP contribution in [0.1, 0.15) is 29.5 Å². The molecule has 3 rings (SSSR count). The summed E-state index contributed by atoms with van der Waals surface area (Å²) in [4.78, 5) is 16.5. The third-order valence-electron chi connectivity index (χ3n) is 4.08. The van der Waals surface area contributed by atoms with Gasteiger partial charge in [0.2, 0.25) is 5.91 Å². The van der Waals surface area contributed by atoms with Gasteiger partial charge in [0.1, 0.15) is 11.6 Å². The van der Waals surface area contributed by atoms with Crippen molar-refractivity contribution >= 4 is 5.91 Å². The minimum absolute atomic E-state index is 0.0121. The molecule has 5 heteroatoms. The minimum atomic E-state index is -0.0730. The van der Waals surface area contributed by atoms with E-state index >= 15 is 0 Å². The number of aryl methyl sites for hydroxylation is 1. The first-order valence-corrected chi connectivity index (χ1v) is 8.07. The second-order valence-electron chi connectivity index (χ2n) is 5.70. The van der Waals surface area contributed by atoms with E-state index in [1.165, 1.54) is 0 Å². The Morgan fingerprint density at radius 3 is 2.75 bits per heavy atom. The van der Waals surface area contributed by atoms with E-state index in [-0.39, 0.29) is 11.8 Å². The van der Waals surface area contributed by atoms with Crippen molar-refractivity contribution < 1.29 is 9.21 Å². The van der Waals surface area contributed by atoms with Crippen LogP contribution in [0.2, 0.25) is 0 Å². The number of aromatic nitrogens is 2. The van der Waals surface area contributed by atoms with Gasteiger partial charge in [-0.05, 0) is 24.6 Å². The molecule has 0 aliphatic heterocycles. The number of benzene rings is 1. The van der Waals surface area contributed by atoms with E-state index in [1.54, 1.807) is 12.5 Å². The molecule has 0 bridgehead atoms. The fourth-order valence-electron chi connectivity index (χ4n) is 2.77. The summed E-state index contributed by atoms with van der Waals surface area (Å²) in [6.45, 7) is 3.24. The van der Waals surface area contributed by atoms with Gasteiger partial charge in [0.15, 0.2) is 0 Å². The van der Waals surface area contributed by atoms with E-state index in [0.29, 0.717) is 19.5 Å². The minimum Gasteiger partial charge on any atom is -0.469 e. The molecule has 0 saturated carbocycles. The molecule has 0 aliphatic rings. The van der Waals surface area contributed by atoms with Crippen LogP contribution < -0.4 is 5.32 Å². The van der Waals surface area contributed by atoms with E-state index in [1.807, 2.05) is 60.2 Å². The maximum atomic E-state index is 12.4. The van der Waals surface area contributed by atoms with Gasteiger partial charge in [0, 0.05) is 31.9 Å². The number of furan rings is 1. The number of nitrogens with zero attached hydrogens (tertiary/aromatic N) is 2. The lowest BCUT2D eigenvalue weighted by molar-refractivity contribution is -0.121. The molecule has 0 fully saturated rings. The fourth-order valence-corrected chi connectivity index (χ4v) is 2.77. The molecule has 2 aromatic heterocycles. The van der Waals surface area contributed by atoms with Crippen molar-refractivity contribution in [1.82, 2.24) is 14.9 Å². The normalized spacial score (nSPS) is 12.0. The Bertz CT molecular complexity index is 763. The van der Waals surface area contributed by atoms with Gasteiger partial charge >= 0.3 is 0 Å². The van der Waals surface area contributed by atoms with E-state index in [2.05, 4.69) is 10.3 Å². The molecule has 1 amide bonds. The molecule has 0 spiro atoms. The Balaban J connectivity index is 1.60. The molecular formula is C19H21N3O2. The largest absolute Gasteiger partial charge is 0.469 e. The van der Waals surface area contributed by atoms with Crippen LogP contribution in [0.15, 0.2) is 65.5 Å². The van der Waals surface area contributed by atoms with Gasteiger partial charge in [0.05, 0.1) is 12.2 Å². The van der Waals surface area contributed by atoms with Crippen molar-refractivity contribution in [3.8, 4) is 0 Å². The Morgan fingerprint density at radius 1 is 1.25 bits per heavy atom. The zero-order valence-corrected chi connectivity index (χ0v) is 13.7. The summed E-state index contributed by atoms with van der Waals surface area (Å²) < 4.78 is 7.55. The number of amides is 1. The van der Waals surface area contributed by atoms with Crippen molar-refractivity contribution in [2.75, 3.05) is 6.54 Å². The average Bonchev–Trinajstić information content (AvgIpc) is 3.26. The molecule has 0 radical (unpaired) electrons. The van der Waals surface area contributed by atoms with Crippen molar-refractivity contribution in [2.45, 2.75) is 25.8 Å². The van der Waals surface area contributed by atoms with Crippen molar-refractivity contribution in [2.24, 2.45) is 0 Å². The van der Waals surface area contributed by atoms with Crippen molar-refractivity contribution in [1.29, 1.82) is 0 Å². The highest BCUT2D eigenvalue weighted by molar-refractivity contribution is 5.77. The standard InChI is InChI=1S/C19H21N3O2/c1-15-20-9-11-22(15)12-10-21-19(23)14-17(18-8-5-13-24-18)16-6-3-2-4-7-16/h2-9,11,13,17H,10,12,14H2,1H3,(H,21,23). The summed E-state index contributed by atoms with van der Waals surface area (Å²) in [7, 11) is 0. The summed E-state index contributed by atoms with van der Waals surface area (Å²) in [5.41, 5.74) is 1.08. The number of rotatable bonds is 7. The van der Waals surface area contributed by atoms with Crippen LogP contribution in [0.25, 0.3) is 0 Å². The summed E-state index contributed by atoms with van der Waals surface area (Å²) in [5.74, 6) is 1.69. The Labute approximate surface area is 141 Å². The van der Waals surface area contributed by atoms with E-state index < -0.39 is 0 Å². The lowest BCUT2D eigenvalue weighted by Crippen LogP contribution is -2.28. The number of nitrogens with one attached hydrogen (secondary N) is 1. The molecule has 2 heterocycles. The summed E-state index contributed by atoms with van der Waals surface area (Å²) in [5, 5.41) is 2.98. The van der Waals surface area contributed by atoms with E-state index in [0.717, 1.165) is 17.1 Å². The number of hydrogen-bond acceptors (Lipinski definition) is 3. The zero-order chi connectivity index (χ0) is 16.8. The lowest BCUT2D eigenvalue weighted by atomic mass is 9.93. The molecule has 1 unspecified atom stereocenters. The Kier molecular flexibility index (Phi) is 5.11. The zero-order valence-electron chi connectivity index (χ0n) is 13.7. The summed E-state index contributed by atoms with van der Waals surface area (Å²) in [6.07, 6.45) is 5.68. The number of hydrogen-bond donors (Lipinski definition) is 1. The van der Waals surface area contributed by atoms with Gasteiger partial charge in [-0.2, -0.15) is 0 Å². The van der Waals surface area contributed by atoms with Crippen molar-refractivity contribution in [3.63, 3.8) is 0 Å². The van der Waals surface area contributed by atoms with Crippen LogP contribution in [-0.4, -0.2) is 22.0 Å². The van der Waals surface area contributed by atoms with Gasteiger partial charge in [-0.25, -0.2) is 4.98 Å². The number of imidazole rings is 1. The van der Waals surface area contributed by atoms with E-state index in [4.69, 9.17) is 4.42 Å². The quantitative estimate of drug-likeness (QED) is 0.727. The third-order valence-corrected chi connectivity index (χ3v) is 4.08. The second-order valence-corrected chi connectivity index (χ2v) is 5.70. The second kappa shape index (κ2) is 7.64. The monoisotopic (exact) mass is 323 g/mol. The van der Waals surface area contributed by atoms with Crippen LogP contribution in [0.3, 0.4) is 0 Å². The van der Waals surface area contributed by atoms with Gasteiger partial charge in [-0.15, -0.1) is 0 Å². The highest BCUT2D eigenvalue weighted by Crippen LogP contribution is 2.28. The first-order chi connectivity index (χ1) is 11.7. The molecule has 0 aliphatic carbocycles. The number of carbonyl (C=O) groups excluding carboxylic acids is 1. The van der Waals surface area contributed by atoms with E-state index in [9.17, 15) is 4.79 Å². The molecule has 124 valence electrons. The molecule has 0 saturated heterocycles. The van der Waals surface area contributed by atoms with Crippen LogP contribution in [0.5, 0.6) is 0 Å².